The number of benzene rings is 2. The predicted octanol–water partition coefficient (Wildman–Crippen LogP) is 3.11. The van der Waals surface area contributed by atoms with Crippen LogP contribution in [-0.2, 0) is 11.3 Å². The molecular formula is C21H21N5O2. The van der Waals surface area contributed by atoms with Gasteiger partial charge in [-0.15, -0.1) is 0 Å². The molecule has 0 spiro atoms. The van der Waals surface area contributed by atoms with Crippen LogP contribution in [0.3, 0.4) is 0 Å². The van der Waals surface area contributed by atoms with Crippen LogP contribution in [0.25, 0.3) is 16.6 Å². The topological polar surface area (TPSA) is 74.0 Å². The number of methoxy groups -OCH3 is 1. The van der Waals surface area contributed by atoms with Crippen molar-refractivity contribution in [1.29, 1.82) is 0 Å². The average Bonchev–Trinajstić information content (AvgIpc) is 3.36. The van der Waals surface area contributed by atoms with Gasteiger partial charge in [-0.05, 0) is 25.1 Å². The first-order chi connectivity index (χ1) is 13.6. The van der Waals surface area contributed by atoms with Crippen LogP contribution in [0, 0.1) is 0 Å². The lowest BCUT2D eigenvalue weighted by Crippen LogP contribution is -2.30. The summed E-state index contributed by atoms with van der Waals surface area (Å²) in [4.78, 5) is 12.5. The molecule has 0 aliphatic heterocycles. The van der Waals surface area contributed by atoms with Crippen LogP contribution in [0.5, 0.6) is 5.75 Å². The fourth-order valence-corrected chi connectivity index (χ4v) is 3.11. The van der Waals surface area contributed by atoms with Gasteiger partial charge in [0.15, 0.2) is 0 Å². The summed E-state index contributed by atoms with van der Waals surface area (Å²) >= 11 is 0. The average molecular weight is 375 g/mol. The molecule has 1 unspecified atom stereocenters. The van der Waals surface area contributed by atoms with Crippen molar-refractivity contribution in [2.75, 3.05) is 7.11 Å². The van der Waals surface area contributed by atoms with E-state index in [2.05, 4.69) is 15.5 Å². The zero-order valence-corrected chi connectivity index (χ0v) is 15.7. The molecule has 4 rings (SSSR count). The fourth-order valence-electron chi connectivity index (χ4n) is 3.11. The van der Waals surface area contributed by atoms with Gasteiger partial charge in [-0.2, -0.15) is 10.2 Å². The Morgan fingerprint density at radius 3 is 2.86 bits per heavy atom. The predicted molar refractivity (Wildman–Crippen MR) is 106 cm³/mol. The number of hydrogen-bond acceptors (Lipinski definition) is 4. The van der Waals surface area contributed by atoms with Gasteiger partial charge in [0, 0.05) is 23.2 Å². The number of fused-ring (bicyclic) bond motifs is 1. The number of nitrogens with zero attached hydrogens (tertiary/aromatic N) is 4. The molecular weight excluding hydrogens is 354 g/mol. The number of carbonyl (C=O) groups excluding carboxylic acids is 1. The van der Waals surface area contributed by atoms with Gasteiger partial charge < -0.3 is 10.1 Å². The number of nitrogens with one attached hydrogen (secondary N) is 1. The van der Waals surface area contributed by atoms with E-state index in [0.717, 1.165) is 27.9 Å². The van der Waals surface area contributed by atoms with Crippen molar-refractivity contribution < 1.29 is 9.53 Å². The molecule has 1 amide bonds. The second kappa shape index (κ2) is 7.56. The minimum atomic E-state index is -0.173. The van der Waals surface area contributed by atoms with Gasteiger partial charge in [-0.3, -0.25) is 9.48 Å². The fraction of sp³-hybridized carbons (Fsp3) is 0.190. The van der Waals surface area contributed by atoms with Gasteiger partial charge in [0.05, 0.1) is 36.7 Å². The van der Waals surface area contributed by atoms with Gasteiger partial charge in [0.25, 0.3) is 0 Å². The molecule has 7 heteroatoms. The van der Waals surface area contributed by atoms with Crippen molar-refractivity contribution in [3.8, 4) is 11.4 Å². The maximum atomic E-state index is 12.5. The van der Waals surface area contributed by atoms with E-state index in [9.17, 15) is 4.79 Å². The number of ether oxygens (including phenoxy) is 1. The molecule has 2 aromatic carbocycles. The highest BCUT2D eigenvalue weighted by Gasteiger charge is 2.14. The van der Waals surface area contributed by atoms with Crippen LogP contribution in [0.2, 0.25) is 0 Å². The standard InChI is InChI=1S/C21H21N5O2/c1-15(17-12-22-25(13-17)18-7-5-8-19(10-18)28-2)24-21(27)14-26-20-9-4-3-6-16(20)11-23-26/h3-13,15H,14H2,1-2H3,(H,24,27). The summed E-state index contributed by atoms with van der Waals surface area (Å²) in [5, 5.41) is 12.7. The Hall–Kier alpha value is -3.61. The monoisotopic (exact) mass is 375 g/mol. The molecule has 4 aromatic rings. The first kappa shape index (κ1) is 17.8. The van der Waals surface area contributed by atoms with Crippen LogP contribution >= 0.6 is 0 Å². The van der Waals surface area contributed by atoms with E-state index in [1.165, 1.54) is 0 Å². The number of carbonyl (C=O) groups is 1. The zero-order valence-electron chi connectivity index (χ0n) is 15.7. The Morgan fingerprint density at radius 2 is 2.00 bits per heavy atom. The smallest absolute Gasteiger partial charge is 0.242 e. The Labute approximate surface area is 162 Å². The maximum absolute atomic E-state index is 12.5. The molecule has 1 atom stereocenters. The molecule has 28 heavy (non-hydrogen) atoms. The Kier molecular flexibility index (Phi) is 4.80. The van der Waals surface area contributed by atoms with E-state index in [1.54, 1.807) is 28.9 Å². The molecule has 0 aliphatic carbocycles. The summed E-state index contributed by atoms with van der Waals surface area (Å²) in [6.07, 6.45) is 5.43. The third-order valence-corrected chi connectivity index (χ3v) is 4.64. The lowest BCUT2D eigenvalue weighted by molar-refractivity contribution is -0.122. The van der Waals surface area contributed by atoms with Gasteiger partial charge in [0.2, 0.25) is 5.91 Å². The number of aromatic nitrogens is 4. The molecule has 0 fully saturated rings. The zero-order chi connectivity index (χ0) is 19.5. The second-order valence-corrected chi connectivity index (χ2v) is 6.57. The van der Waals surface area contributed by atoms with Gasteiger partial charge in [0.1, 0.15) is 12.3 Å². The first-order valence-corrected chi connectivity index (χ1v) is 9.03. The van der Waals surface area contributed by atoms with E-state index in [4.69, 9.17) is 4.74 Å². The lowest BCUT2D eigenvalue weighted by Gasteiger charge is -2.12. The van der Waals surface area contributed by atoms with Crippen molar-refractivity contribution in [3.63, 3.8) is 0 Å². The molecule has 0 saturated carbocycles. The largest absolute Gasteiger partial charge is 0.497 e. The lowest BCUT2D eigenvalue weighted by atomic mass is 10.2. The third kappa shape index (κ3) is 3.59. The highest BCUT2D eigenvalue weighted by atomic mass is 16.5. The van der Waals surface area contributed by atoms with Crippen LogP contribution < -0.4 is 10.1 Å². The normalized spacial score (nSPS) is 12.1. The minimum absolute atomic E-state index is 0.101. The van der Waals surface area contributed by atoms with Crippen molar-refractivity contribution in [3.05, 3.63) is 72.7 Å². The van der Waals surface area contributed by atoms with Crippen molar-refractivity contribution in [2.45, 2.75) is 19.5 Å². The van der Waals surface area contributed by atoms with E-state index in [1.807, 2.05) is 61.7 Å². The van der Waals surface area contributed by atoms with Crippen molar-refractivity contribution >= 4 is 16.8 Å². The number of amides is 1. The maximum Gasteiger partial charge on any atom is 0.242 e. The SMILES string of the molecule is COc1cccc(-n2cc(C(C)NC(=O)Cn3ncc4ccccc43)cn2)c1. The Balaban J connectivity index is 1.44. The molecule has 0 radical (unpaired) electrons. The van der Waals surface area contributed by atoms with E-state index >= 15 is 0 Å². The Morgan fingerprint density at radius 1 is 1.14 bits per heavy atom. The summed E-state index contributed by atoms with van der Waals surface area (Å²) in [5.41, 5.74) is 2.75. The van der Waals surface area contributed by atoms with Gasteiger partial charge in [-0.1, -0.05) is 24.3 Å². The summed E-state index contributed by atoms with van der Waals surface area (Å²) in [7, 11) is 1.63. The van der Waals surface area contributed by atoms with E-state index in [-0.39, 0.29) is 18.5 Å². The molecule has 142 valence electrons. The highest BCUT2D eigenvalue weighted by Crippen LogP contribution is 2.19. The van der Waals surface area contributed by atoms with Gasteiger partial charge >= 0.3 is 0 Å². The minimum Gasteiger partial charge on any atom is -0.497 e. The Bertz CT molecular complexity index is 1110. The molecule has 1 N–H and O–H groups in total. The second-order valence-electron chi connectivity index (χ2n) is 6.57. The van der Waals surface area contributed by atoms with Crippen LogP contribution in [0.1, 0.15) is 18.5 Å². The quantitative estimate of drug-likeness (QED) is 0.562. The third-order valence-electron chi connectivity index (χ3n) is 4.64. The van der Waals surface area contributed by atoms with Crippen LogP contribution in [0.15, 0.2) is 67.1 Å². The van der Waals surface area contributed by atoms with Gasteiger partial charge in [-0.25, -0.2) is 4.68 Å². The number of para-hydroxylation sites is 1. The van der Waals surface area contributed by atoms with Crippen LogP contribution in [-0.4, -0.2) is 32.6 Å². The summed E-state index contributed by atoms with van der Waals surface area (Å²) in [6, 6.07) is 15.3. The first-order valence-electron chi connectivity index (χ1n) is 9.03. The van der Waals surface area contributed by atoms with Crippen LogP contribution in [0.4, 0.5) is 0 Å². The van der Waals surface area contributed by atoms with Crippen molar-refractivity contribution in [2.24, 2.45) is 0 Å². The summed E-state index contributed by atoms with van der Waals surface area (Å²) < 4.78 is 8.73. The molecule has 2 aromatic heterocycles. The summed E-state index contributed by atoms with van der Waals surface area (Å²) in [5.74, 6) is 0.665. The molecule has 0 bridgehead atoms. The van der Waals surface area contributed by atoms with E-state index < -0.39 is 0 Å². The van der Waals surface area contributed by atoms with Crippen molar-refractivity contribution in [1.82, 2.24) is 24.9 Å². The number of hydrogen-bond donors (Lipinski definition) is 1. The molecule has 0 saturated heterocycles. The molecule has 2 heterocycles. The molecule has 7 nitrogen and oxygen atoms in total. The summed E-state index contributed by atoms with van der Waals surface area (Å²) in [6.45, 7) is 2.11. The highest BCUT2D eigenvalue weighted by molar-refractivity contribution is 5.82. The van der Waals surface area contributed by atoms with E-state index in [0.29, 0.717) is 0 Å². The number of rotatable bonds is 6. The molecule has 0 aliphatic rings.